The Bertz CT molecular complexity index is 1130. The van der Waals surface area contributed by atoms with E-state index in [1.54, 1.807) is 11.3 Å². The first-order valence-corrected chi connectivity index (χ1v) is 9.13. The van der Waals surface area contributed by atoms with E-state index in [0.29, 0.717) is 0 Å². The summed E-state index contributed by atoms with van der Waals surface area (Å²) in [5, 5.41) is 6.20. The molecule has 1 N–H and O–H groups in total. The van der Waals surface area contributed by atoms with Crippen molar-refractivity contribution in [2.75, 3.05) is 12.1 Å². The summed E-state index contributed by atoms with van der Waals surface area (Å²) in [4.78, 5) is 9.41. The van der Waals surface area contributed by atoms with Crippen molar-refractivity contribution in [2.45, 2.75) is 13.8 Å². The molecule has 130 valence electrons. The number of imidazole rings is 1. The highest BCUT2D eigenvalue weighted by Crippen LogP contribution is 2.36. The van der Waals surface area contributed by atoms with Gasteiger partial charge in [0.2, 0.25) is 6.79 Å². The standard InChI is InChI=1S/C19H16N4O2S/c1-11-5-6-23-17(7-11)20-12(2)18(23)14-9-26-19(22-14)21-13-3-4-15-16(8-13)25-10-24-15/h3-9H,10H2,1-2H3,(H,21,22). The zero-order chi connectivity index (χ0) is 17.7. The van der Waals surface area contributed by atoms with Gasteiger partial charge in [0, 0.05) is 23.3 Å². The average Bonchev–Trinajstić information content (AvgIpc) is 3.32. The van der Waals surface area contributed by atoms with Crippen molar-refractivity contribution < 1.29 is 9.47 Å². The monoisotopic (exact) mass is 364 g/mol. The number of anilines is 2. The number of hydrogen-bond acceptors (Lipinski definition) is 6. The van der Waals surface area contributed by atoms with Gasteiger partial charge in [0.25, 0.3) is 0 Å². The Morgan fingerprint density at radius 1 is 1.08 bits per heavy atom. The number of aryl methyl sites for hydroxylation is 2. The van der Waals surface area contributed by atoms with Crippen molar-refractivity contribution in [3.8, 4) is 22.9 Å². The van der Waals surface area contributed by atoms with E-state index >= 15 is 0 Å². The van der Waals surface area contributed by atoms with Gasteiger partial charge in [-0.05, 0) is 43.7 Å². The van der Waals surface area contributed by atoms with Gasteiger partial charge in [0.1, 0.15) is 11.3 Å². The first kappa shape index (κ1) is 15.2. The van der Waals surface area contributed by atoms with E-state index < -0.39 is 0 Å². The van der Waals surface area contributed by atoms with Crippen LogP contribution in [0, 0.1) is 13.8 Å². The quantitative estimate of drug-likeness (QED) is 0.578. The van der Waals surface area contributed by atoms with Gasteiger partial charge in [0.05, 0.1) is 11.4 Å². The van der Waals surface area contributed by atoms with Gasteiger partial charge in [-0.3, -0.25) is 4.40 Å². The van der Waals surface area contributed by atoms with E-state index in [1.807, 2.05) is 36.7 Å². The lowest BCUT2D eigenvalue weighted by Gasteiger charge is -2.04. The lowest BCUT2D eigenvalue weighted by Crippen LogP contribution is -1.93. The second kappa shape index (κ2) is 5.74. The molecule has 0 atom stereocenters. The summed E-state index contributed by atoms with van der Waals surface area (Å²) in [6.45, 7) is 4.36. The number of pyridine rings is 1. The SMILES string of the molecule is Cc1ccn2c(-c3csc(Nc4ccc5c(c4)OCO5)n3)c(C)nc2c1. The van der Waals surface area contributed by atoms with Crippen molar-refractivity contribution in [1.82, 2.24) is 14.4 Å². The number of ether oxygens (including phenoxy) is 2. The zero-order valence-corrected chi connectivity index (χ0v) is 15.1. The summed E-state index contributed by atoms with van der Waals surface area (Å²) in [5.41, 5.74) is 5.95. The zero-order valence-electron chi connectivity index (χ0n) is 14.3. The third-order valence-electron chi connectivity index (χ3n) is 4.33. The Balaban J connectivity index is 1.48. The normalized spacial score (nSPS) is 12.7. The maximum atomic E-state index is 5.42. The van der Waals surface area contributed by atoms with Crippen LogP contribution in [-0.4, -0.2) is 21.2 Å². The van der Waals surface area contributed by atoms with Crippen molar-refractivity contribution in [1.29, 1.82) is 0 Å². The van der Waals surface area contributed by atoms with Gasteiger partial charge < -0.3 is 14.8 Å². The Morgan fingerprint density at radius 3 is 2.88 bits per heavy atom. The number of thiazole rings is 1. The van der Waals surface area contributed by atoms with Crippen LogP contribution in [0.15, 0.2) is 41.9 Å². The molecule has 0 amide bonds. The van der Waals surface area contributed by atoms with Gasteiger partial charge in [-0.15, -0.1) is 11.3 Å². The molecule has 26 heavy (non-hydrogen) atoms. The number of nitrogens with one attached hydrogen (secondary N) is 1. The van der Waals surface area contributed by atoms with E-state index in [1.165, 1.54) is 5.56 Å². The number of benzene rings is 1. The molecule has 0 saturated heterocycles. The molecule has 6 nitrogen and oxygen atoms in total. The molecular weight excluding hydrogens is 348 g/mol. The summed E-state index contributed by atoms with van der Waals surface area (Å²) in [6.07, 6.45) is 2.05. The molecule has 4 aromatic rings. The molecule has 0 fully saturated rings. The average molecular weight is 364 g/mol. The smallest absolute Gasteiger partial charge is 0.231 e. The van der Waals surface area contributed by atoms with E-state index in [9.17, 15) is 0 Å². The third-order valence-corrected chi connectivity index (χ3v) is 5.08. The first-order chi connectivity index (χ1) is 12.7. The second-order valence-corrected chi connectivity index (χ2v) is 7.07. The minimum atomic E-state index is 0.271. The summed E-state index contributed by atoms with van der Waals surface area (Å²) >= 11 is 1.56. The molecule has 1 aliphatic heterocycles. The van der Waals surface area contributed by atoms with Crippen molar-refractivity contribution in [3.63, 3.8) is 0 Å². The summed E-state index contributed by atoms with van der Waals surface area (Å²) in [6, 6.07) is 9.93. The fraction of sp³-hybridized carbons (Fsp3) is 0.158. The molecule has 0 bridgehead atoms. The van der Waals surface area contributed by atoms with E-state index in [0.717, 1.165) is 45.0 Å². The molecule has 0 saturated carbocycles. The fourth-order valence-corrected chi connectivity index (χ4v) is 3.83. The van der Waals surface area contributed by atoms with Crippen LogP contribution < -0.4 is 14.8 Å². The minimum absolute atomic E-state index is 0.271. The van der Waals surface area contributed by atoms with Gasteiger partial charge in [-0.2, -0.15) is 0 Å². The predicted molar refractivity (Wildman–Crippen MR) is 102 cm³/mol. The van der Waals surface area contributed by atoms with Gasteiger partial charge in [-0.1, -0.05) is 0 Å². The summed E-state index contributed by atoms with van der Waals surface area (Å²) < 4.78 is 12.9. The number of hydrogen-bond donors (Lipinski definition) is 1. The fourth-order valence-electron chi connectivity index (χ4n) is 3.11. The molecule has 0 aliphatic carbocycles. The molecule has 5 rings (SSSR count). The molecule has 1 aromatic carbocycles. The number of fused-ring (bicyclic) bond motifs is 2. The number of rotatable bonds is 3. The Kier molecular flexibility index (Phi) is 3.36. The van der Waals surface area contributed by atoms with Crippen LogP contribution in [0.1, 0.15) is 11.3 Å². The Hall–Kier alpha value is -3.06. The van der Waals surface area contributed by atoms with E-state index in [4.69, 9.17) is 14.5 Å². The Morgan fingerprint density at radius 2 is 1.96 bits per heavy atom. The maximum absolute atomic E-state index is 5.42. The molecule has 3 aromatic heterocycles. The topological polar surface area (TPSA) is 60.7 Å². The molecule has 1 aliphatic rings. The van der Waals surface area contributed by atoms with Crippen molar-refractivity contribution >= 4 is 27.8 Å². The van der Waals surface area contributed by atoms with Gasteiger partial charge in [-0.25, -0.2) is 9.97 Å². The predicted octanol–water partition coefficient (Wildman–Crippen LogP) is 4.55. The highest BCUT2D eigenvalue weighted by Gasteiger charge is 2.16. The van der Waals surface area contributed by atoms with Crippen LogP contribution >= 0.6 is 11.3 Å². The molecule has 0 radical (unpaired) electrons. The van der Waals surface area contributed by atoms with Gasteiger partial charge >= 0.3 is 0 Å². The number of nitrogens with zero attached hydrogens (tertiary/aromatic N) is 3. The van der Waals surface area contributed by atoms with Crippen LogP contribution in [0.25, 0.3) is 17.0 Å². The molecule has 0 spiro atoms. The molecular formula is C19H16N4O2S. The third kappa shape index (κ3) is 2.48. The summed E-state index contributed by atoms with van der Waals surface area (Å²) in [5.74, 6) is 1.52. The van der Waals surface area contributed by atoms with Crippen LogP contribution in [0.2, 0.25) is 0 Å². The lowest BCUT2D eigenvalue weighted by atomic mass is 10.2. The number of aromatic nitrogens is 3. The largest absolute Gasteiger partial charge is 0.454 e. The van der Waals surface area contributed by atoms with E-state index in [-0.39, 0.29) is 6.79 Å². The highest BCUT2D eigenvalue weighted by atomic mass is 32.1. The van der Waals surface area contributed by atoms with Crippen LogP contribution in [0.4, 0.5) is 10.8 Å². The lowest BCUT2D eigenvalue weighted by molar-refractivity contribution is 0.174. The molecule has 0 unspecified atom stereocenters. The Labute approximate surface area is 154 Å². The minimum Gasteiger partial charge on any atom is -0.454 e. The second-order valence-electron chi connectivity index (χ2n) is 6.21. The van der Waals surface area contributed by atoms with Crippen LogP contribution in [0.3, 0.4) is 0 Å². The molecule has 7 heteroatoms. The highest BCUT2D eigenvalue weighted by molar-refractivity contribution is 7.14. The van der Waals surface area contributed by atoms with E-state index in [2.05, 4.69) is 33.8 Å². The van der Waals surface area contributed by atoms with Crippen LogP contribution in [0.5, 0.6) is 11.5 Å². The van der Waals surface area contributed by atoms with Crippen molar-refractivity contribution in [3.05, 3.63) is 53.2 Å². The first-order valence-electron chi connectivity index (χ1n) is 8.25. The van der Waals surface area contributed by atoms with Gasteiger partial charge in [0.15, 0.2) is 16.6 Å². The maximum Gasteiger partial charge on any atom is 0.231 e. The van der Waals surface area contributed by atoms with Crippen molar-refractivity contribution in [2.24, 2.45) is 0 Å². The molecule has 4 heterocycles. The van der Waals surface area contributed by atoms with Crippen LogP contribution in [-0.2, 0) is 0 Å². The summed E-state index contributed by atoms with van der Waals surface area (Å²) in [7, 11) is 0.